The Morgan fingerprint density at radius 3 is 2.77 bits per heavy atom. The molecule has 6 nitrogen and oxygen atoms in total. The number of hydrogen-bond donors (Lipinski definition) is 0. The molecular weight excluding hydrogens is 302 g/mol. The van der Waals surface area contributed by atoms with E-state index in [2.05, 4.69) is 5.10 Å². The van der Waals surface area contributed by atoms with Crippen LogP contribution in [0.2, 0.25) is 0 Å². The largest absolute Gasteiger partial charge is 0.381 e. The summed E-state index contributed by atoms with van der Waals surface area (Å²) in [6.45, 7) is 4.98. The van der Waals surface area contributed by atoms with Crippen molar-refractivity contribution in [2.45, 2.75) is 39.3 Å². The van der Waals surface area contributed by atoms with Gasteiger partial charge in [-0.25, -0.2) is 8.42 Å². The maximum atomic E-state index is 12.5. The molecule has 0 aromatic carbocycles. The maximum Gasteiger partial charge on any atom is 0.214 e. The molecule has 22 heavy (non-hydrogen) atoms. The summed E-state index contributed by atoms with van der Waals surface area (Å²) in [7, 11) is -3.20. The van der Waals surface area contributed by atoms with E-state index < -0.39 is 10.0 Å². The Morgan fingerprint density at radius 1 is 1.27 bits per heavy atom. The highest BCUT2D eigenvalue weighted by atomic mass is 32.2. The lowest BCUT2D eigenvalue weighted by atomic mass is 10.1. The van der Waals surface area contributed by atoms with Gasteiger partial charge in [-0.3, -0.25) is 4.68 Å². The molecule has 2 aliphatic rings. The van der Waals surface area contributed by atoms with Crippen LogP contribution < -0.4 is 0 Å². The molecule has 3 rings (SSSR count). The number of sulfonamides is 1. The molecule has 0 amide bonds. The molecule has 0 radical (unpaired) electrons. The topological polar surface area (TPSA) is 64.4 Å². The summed E-state index contributed by atoms with van der Waals surface area (Å²) in [5, 5.41) is 4.32. The molecule has 0 spiro atoms. The van der Waals surface area contributed by atoms with Crippen LogP contribution in [0.5, 0.6) is 0 Å². The Bertz CT molecular complexity index is 595. The summed E-state index contributed by atoms with van der Waals surface area (Å²) in [5.41, 5.74) is 0.962. The maximum absolute atomic E-state index is 12.5. The third-order valence-electron chi connectivity index (χ3n) is 4.30. The van der Waals surface area contributed by atoms with Gasteiger partial charge >= 0.3 is 0 Å². The second-order valence-corrected chi connectivity index (χ2v) is 8.55. The Hall–Kier alpha value is -0.920. The molecule has 7 heteroatoms. The highest BCUT2D eigenvalue weighted by Gasteiger charge is 2.30. The highest BCUT2D eigenvalue weighted by molar-refractivity contribution is 7.89. The fourth-order valence-electron chi connectivity index (χ4n) is 2.88. The third kappa shape index (κ3) is 3.88. The van der Waals surface area contributed by atoms with Crippen molar-refractivity contribution in [1.82, 2.24) is 14.1 Å². The van der Waals surface area contributed by atoms with Crippen molar-refractivity contribution in [3.05, 3.63) is 18.0 Å². The van der Waals surface area contributed by atoms with Crippen molar-refractivity contribution >= 4 is 10.0 Å². The second-order valence-electron chi connectivity index (χ2n) is 6.46. The summed E-state index contributed by atoms with van der Waals surface area (Å²) >= 11 is 0. The minimum absolute atomic E-state index is 0.159. The number of nitrogens with zero attached hydrogens (tertiary/aromatic N) is 3. The Kier molecular flexibility index (Phi) is 4.84. The minimum atomic E-state index is -3.20. The first-order valence-corrected chi connectivity index (χ1v) is 9.75. The van der Waals surface area contributed by atoms with Gasteiger partial charge in [0.1, 0.15) is 0 Å². The van der Waals surface area contributed by atoms with E-state index in [1.165, 1.54) is 12.8 Å². The molecule has 1 saturated carbocycles. The quantitative estimate of drug-likeness (QED) is 0.761. The number of aromatic nitrogens is 2. The SMILES string of the molecule is CCCS(=O)(=O)N1Cc2ccnn2C[C@H](COCC2CC2)C1. The lowest BCUT2D eigenvalue weighted by molar-refractivity contribution is 0.0797. The van der Waals surface area contributed by atoms with Gasteiger partial charge in [0.2, 0.25) is 10.0 Å². The molecule has 1 aliphatic carbocycles. The fourth-order valence-corrected chi connectivity index (χ4v) is 4.43. The molecular formula is C15H25N3O3S. The van der Waals surface area contributed by atoms with Gasteiger partial charge in [-0.05, 0) is 31.2 Å². The van der Waals surface area contributed by atoms with Crippen LogP contribution in [0.25, 0.3) is 0 Å². The molecule has 2 heterocycles. The normalized spacial score (nSPS) is 23.2. The zero-order valence-corrected chi connectivity index (χ0v) is 14.0. The van der Waals surface area contributed by atoms with Gasteiger partial charge in [0, 0.05) is 31.8 Å². The number of rotatable bonds is 7. The second kappa shape index (κ2) is 6.68. The third-order valence-corrected chi connectivity index (χ3v) is 6.28. The van der Waals surface area contributed by atoms with E-state index in [0.717, 1.165) is 24.8 Å². The molecule has 0 saturated heterocycles. The molecule has 0 N–H and O–H groups in total. The van der Waals surface area contributed by atoms with Crippen LogP contribution in [0.15, 0.2) is 12.3 Å². The average molecular weight is 327 g/mol. The van der Waals surface area contributed by atoms with Gasteiger partial charge in [-0.15, -0.1) is 0 Å². The highest BCUT2D eigenvalue weighted by Crippen LogP contribution is 2.29. The van der Waals surface area contributed by atoms with Crippen LogP contribution >= 0.6 is 0 Å². The summed E-state index contributed by atoms with van der Waals surface area (Å²) in [5.74, 6) is 1.09. The molecule has 1 fully saturated rings. The number of ether oxygens (including phenoxy) is 1. The van der Waals surface area contributed by atoms with E-state index in [1.807, 2.05) is 17.7 Å². The average Bonchev–Trinajstić information content (AvgIpc) is 3.22. The van der Waals surface area contributed by atoms with Crippen LogP contribution in [0, 0.1) is 11.8 Å². The summed E-state index contributed by atoms with van der Waals surface area (Å²) in [6.07, 6.45) is 4.92. The van der Waals surface area contributed by atoms with Crippen molar-refractivity contribution in [1.29, 1.82) is 0 Å². The van der Waals surface area contributed by atoms with E-state index in [-0.39, 0.29) is 11.7 Å². The Balaban J connectivity index is 1.70. The number of hydrogen-bond acceptors (Lipinski definition) is 4. The van der Waals surface area contributed by atoms with Gasteiger partial charge in [-0.2, -0.15) is 9.40 Å². The first-order chi connectivity index (χ1) is 10.6. The molecule has 1 aromatic heterocycles. The van der Waals surface area contributed by atoms with Crippen molar-refractivity contribution in [3.8, 4) is 0 Å². The molecule has 1 atom stereocenters. The van der Waals surface area contributed by atoms with Gasteiger partial charge in [0.05, 0.1) is 24.6 Å². The van der Waals surface area contributed by atoms with Crippen molar-refractivity contribution in [3.63, 3.8) is 0 Å². The first-order valence-electron chi connectivity index (χ1n) is 8.14. The molecule has 124 valence electrons. The van der Waals surface area contributed by atoms with Gasteiger partial charge in [-0.1, -0.05) is 6.92 Å². The zero-order valence-electron chi connectivity index (χ0n) is 13.1. The van der Waals surface area contributed by atoms with Crippen LogP contribution in [-0.4, -0.2) is 48.0 Å². The predicted octanol–water partition coefficient (Wildman–Crippen LogP) is 1.48. The molecule has 0 unspecified atom stereocenters. The summed E-state index contributed by atoms with van der Waals surface area (Å²) in [6, 6.07) is 1.90. The number of fused-ring (bicyclic) bond motifs is 1. The smallest absolute Gasteiger partial charge is 0.214 e. The first kappa shape index (κ1) is 16.0. The monoisotopic (exact) mass is 327 g/mol. The molecule has 1 aromatic rings. The van der Waals surface area contributed by atoms with E-state index in [1.54, 1.807) is 10.5 Å². The fraction of sp³-hybridized carbons (Fsp3) is 0.800. The van der Waals surface area contributed by atoms with Crippen LogP contribution in [0.4, 0.5) is 0 Å². The van der Waals surface area contributed by atoms with E-state index >= 15 is 0 Å². The van der Waals surface area contributed by atoms with Crippen LogP contribution in [0.1, 0.15) is 31.9 Å². The van der Waals surface area contributed by atoms with Crippen LogP contribution in [-0.2, 0) is 27.8 Å². The van der Waals surface area contributed by atoms with Crippen molar-refractivity contribution in [2.75, 3.05) is 25.5 Å². The van der Waals surface area contributed by atoms with Gasteiger partial charge < -0.3 is 4.74 Å². The zero-order chi connectivity index (χ0) is 15.6. The summed E-state index contributed by atoms with van der Waals surface area (Å²) in [4.78, 5) is 0. The standard InChI is InChI=1S/C15H25N3O3S/c1-2-7-22(19,20)17-8-14(12-21-11-13-3-4-13)9-18-15(10-17)5-6-16-18/h5-6,13-14H,2-4,7-12H2,1H3/t14-/m1/s1. The summed E-state index contributed by atoms with van der Waals surface area (Å²) < 4.78 is 34.3. The minimum Gasteiger partial charge on any atom is -0.381 e. The van der Waals surface area contributed by atoms with Crippen molar-refractivity contribution in [2.24, 2.45) is 11.8 Å². The van der Waals surface area contributed by atoms with E-state index in [9.17, 15) is 8.42 Å². The molecule has 0 bridgehead atoms. The predicted molar refractivity (Wildman–Crippen MR) is 83.7 cm³/mol. The van der Waals surface area contributed by atoms with Crippen LogP contribution in [0.3, 0.4) is 0 Å². The Labute approximate surface area is 132 Å². The van der Waals surface area contributed by atoms with Crippen molar-refractivity contribution < 1.29 is 13.2 Å². The lowest BCUT2D eigenvalue weighted by Gasteiger charge is -2.23. The van der Waals surface area contributed by atoms with Gasteiger partial charge in [0.15, 0.2) is 0 Å². The van der Waals surface area contributed by atoms with E-state index in [4.69, 9.17) is 4.74 Å². The van der Waals surface area contributed by atoms with Gasteiger partial charge in [0.25, 0.3) is 0 Å². The lowest BCUT2D eigenvalue weighted by Crippen LogP contribution is -2.36. The van der Waals surface area contributed by atoms with E-state index in [0.29, 0.717) is 26.1 Å². The molecule has 1 aliphatic heterocycles. The Morgan fingerprint density at radius 2 is 2.05 bits per heavy atom.